The summed E-state index contributed by atoms with van der Waals surface area (Å²) in [6.07, 6.45) is -1.42. The topological polar surface area (TPSA) is 144 Å². The molecule has 3 rings (SSSR count). The molecule has 3 atom stereocenters. The molecule has 0 saturated carbocycles. The number of carbonyl (C=O) groups is 2. The van der Waals surface area contributed by atoms with Crippen molar-refractivity contribution in [2.45, 2.75) is 64.6 Å². The van der Waals surface area contributed by atoms with Crippen LogP contribution in [-0.4, -0.2) is 63.8 Å². The second kappa shape index (κ2) is 9.39. The molecule has 0 spiro atoms. The van der Waals surface area contributed by atoms with Gasteiger partial charge in [-0.1, -0.05) is 13.8 Å². The first-order chi connectivity index (χ1) is 14.3. The summed E-state index contributed by atoms with van der Waals surface area (Å²) in [5.41, 5.74) is -2.42. The van der Waals surface area contributed by atoms with E-state index in [4.69, 9.17) is 18.9 Å². The molecular formula is C18H25N3O9. The highest BCUT2D eigenvalue weighted by Gasteiger charge is 2.30. The number of epoxide rings is 2. The molecule has 0 radical (unpaired) electrons. The van der Waals surface area contributed by atoms with Crippen LogP contribution in [0.3, 0.4) is 0 Å². The molecule has 2 saturated heterocycles. The van der Waals surface area contributed by atoms with Crippen LogP contribution in [0.2, 0.25) is 0 Å². The van der Waals surface area contributed by atoms with Crippen molar-refractivity contribution in [1.29, 1.82) is 0 Å². The van der Waals surface area contributed by atoms with Gasteiger partial charge in [-0.2, -0.15) is 0 Å². The molecule has 2 aliphatic heterocycles. The van der Waals surface area contributed by atoms with E-state index in [1.54, 1.807) is 13.8 Å². The summed E-state index contributed by atoms with van der Waals surface area (Å²) in [6.45, 7) is 3.36. The SMILES string of the molecule is CCC(=O)OCC(Cn1c(=O)n(CC2CO2)c(=O)n(CC2CO2)c1=O)OC(=O)CC. The quantitative estimate of drug-likeness (QED) is 0.296. The van der Waals surface area contributed by atoms with Crippen molar-refractivity contribution < 1.29 is 28.5 Å². The van der Waals surface area contributed by atoms with Crippen molar-refractivity contribution in [3.05, 3.63) is 31.5 Å². The van der Waals surface area contributed by atoms with E-state index in [1.165, 1.54) is 0 Å². The van der Waals surface area contributed by atoms with Gasteiger partial charge in [0, 0.05) is 12.8 Å². The average molecular weight is 427 g/mol. The highest BCUT2D eigenvalue weighted by Crippen LogP contribution is 2.11. The maximum atomic E-state index is 12.9. The Kier molecular flexibility index (Phi) is 6.87. The molecule has 0 aliphatic carbocycles. The molecule has 30 heavy (non-hydrogen) atoms. The zero-order valence-corrected chi connectivity index (χ0v) is 16.9. The van der Waals surface area contributed by atoms with E-state index < -0.39 is 35.1 Å². The Balaban J connectivity index is 1.94. The zero-order valence-electron chi connectivity index (χ0n) is 16.9. The summed E-state index contributed by atoms with van der Waals surface area (Å²) in [5.74, 6) is -1.09. The van der Waals surface area contributed by atoms with Crippen molar-refractivity contribution in [3.63, 3.8) is 0 Å². The maximum Gasteiger partial charge on any atom is 0.336 e. The largest absolute Gasteiger partial charge is 0.462 e. The van der Waals surface area contributed by atoms with Gasteiger partial charge in [-0.15, -0.1) is 0 Å². The first-order valence-corrected chi connectivity index (χ1v) is 9.86. The standard InChI is InChI=1S/C18H25N3O9/c1-3-14(22)29-10-13(30-15(23)4-2)7-21-17(25)19(5-11-8-27-11)16(24)20(18(21)26)6-12-9-28-12/h11-13H,3-10H2,1-2H3. The van der Waals surface area contributed by atoms with Crippen LogP contribution < -0.4 is 17.1 Å². The number of carbonyl (C=O) groups excluding carboxylic acids is 2. The number of rotatable bonds is 11. The van der Waals surface area contributed by atoms with E-state index in [9.17, 15) is 24.0 Å². The lowest BCUT2D eigenvalue weighted by Crippen LogP contribution is -2.56. The summed E-state index contributed by atoms with van der Waals surface area (Å²) in [4.78, 5) is 61.7. The van der Waals surface area contributed by atoms with E-state index in [2.05, 4.69) is 0 Å². The van der Waals surface area contributed by atoms with Crippen molar-refractivity contribution in [3.8, 4) is 0 Å². The Morgan fingerprint density at radius 1 is 0.900 bits per heavy atom. The smallest absolute Gasteiger partial charge is 0.336 e. The summed E-state index contributed by atoms with van der Waals surface area (Å²) in [7, 11) is 0. The van der Waals surface area contributed by atoms with Gasteiger partial charge in [-0.3, -0.25) is 9.59 Å². The van der Waals surface area contributed by atoms with Crippen LogP contribution in [0, 0.1) is 0 Å². The van der Waals surface area contributed by atoms with Gasteiger partial charge < -0.3 is 18.9 Å². The minimum atomic E-state index is -1.06. The predicted octanol–water partition coefficient (Wildman–Crippen LogP) is -1.76. The van der Waals surface area contributed by atoms with Crippen LogP contribution in [0.5, 0.6) is 0 Å². The van der Waals surface area contributed by atoms with Gasteiger partial charge >= 0.3 is 29.0 Å². The molecule has 2 aliphatic rings. The van der Waals surface area contributed by atoms with E-state index in [-0.39, 0.29) is 51.3 Å². The number of esters is 2. The first-order valence-electron chi connectivity index (χ1n) is 9.86. The molecule has 1 aromatic rings. The fourth-order valence-electron chi connectivity index (χ4n) is 2.79. The predicted molar refractivity (Wildman–Crippen MR) is 100 cm³/mol. The number of ether oxygens (including phenoxy) is 4. The van der Waals surface area contributed by atoms with E-state index >= 15 is 0 Å². The molecule has 1 aromatic heterocycles. The molecule has 3 unspecified atom stereocenters. The molecular weight excluding hydrogens is 402 g/mol. The molecule has 3 heterocycles. The Bertz CT molecular complexity index is 916. The molecule has 12 nitrogen and oxygen atoms in total. The third-order valence-electron chi connectivity index (χ3n) is 4.65. The lowest BCUT2D eigenvalue weighted by molar-refractivity contribution is -0.159. The minimum absolute atomic E-state index is 0.00764. The highest BCUT2D eigenvalue weighted by atomic mass is 16.6. The van der Waals surface area contributed by atoms with E-state index in [0.717, 1.165) is 13.7 Å². The lowest BCUT2D eigenvalue weighted by atomic mass is 10.3. The second-order valence-electron chi connectivity index (χ2n) is 7.09. The fourth-order valence-corrected chi connectivity index (χ4v) is 2.79. The van der Waals surface area contributed by atoms with Gasteiger partial charge in [0.2, 0.25) is 0 Å². The van der Waals surface area contributed by atoms with Gasteiger partial charge in [-0.05, 0) is 0 Å². The molecule has 0 aromatic carbocycles. The number of aromatic nitrogens is 3. The fraction of sp³-hybridized carbons (Fsp3) is 0.722. The maximum absolute atomic E-state index is 12.9. The molecule has 0 amide bonds. The Morgan fingerprint density at radius 2 is 1.37 bits per heavy atom. The first kappa shape index (κ1) is 22.0. The molecule has 12 heteroatoms. The third kappa shape index (κ3) is 5.45. The van der Waals surface area contributed by atoms with Gasteiger partial charge in [0.15, 0.2) is 6.10 Å². The van der Waals surface area contributed by atoms with Crippen molar-refractivity contribution in [2.75, 3.05) is 19.8 Å². The van der Waals surface area contributed by atoms with Gasteiger partial charge in [0.1, 0.15) is 6.61 Å². The van der Waals surface area contributed by atoms with Crippen molar-refractivity contribution >= 4 is 11.9 Å². The molecule has 2 fully saturated rings. The average Bonchev–Trinajstić information content (AvgIpc) is 3.65. The van der Waals surface area contributed by atoms with Gasteiger partial charge in [0.25, 0.3) is 0 Å². The van der Waals surface area contributed by atoms with Crippen molar-refractivity contribution in [1.82, 2.24) is 13.7 Å². The van der Waals surface area contributed by atoms with Crippen LogP contribution in [0.4, 0.5) is 0 Å². The lowest BCUT2D eigenvalue weighted by Gasteiger charge is -2.20. The summed E-state index contributed by atoms with van der Waals surface area (Å²) < 4.78 is 23.2. The van der Waals surface area contributed by atoms with Crippen LogP contribution >= 0.6 is 0 Å². The molecule has 0 N–H and O–H groups in total. The molecule has 166 valence electrons. The Hall–Kier alpha value is -2.73. The number of hydrogen-bond acceptors (Lipinski definition) is 9. The van der Waals surface area contributed by atoms with Gasteiger partial charge in [-0.25, -0.2) is 28.1 Å². The van der Waals surface area contributed by atoms with Crippen LogP contribution in [0.1, 0.15) is 26.7 Å². The minimum Gasteiger partial charge on any atom is -0.462 e. The Labute approximate surface area is 170 Å². The number of hydrogen-bond donors (Lipinski definition) is 0. The second-order valence-corrected chi connectivity index (χ2v) is 7.09. The van der Waals surface area contributed by atoms with E-state index in [0.29, 0.717) is 13.2 Å². The van der Waals surface area contributed by atoms with Crippen molar-refractivity contribution in [2.24, 2.45) is 0 Å². The van der Waals surface area contributed by atoms with Crippen LogP contribution in [-0.2, 0) is 48.2 Å². The van der Waals surface area contributed by atoms with Gasteiger partial charge in [0.05, 0.1) is 45.1 Å². The summed E-state index contributed by atoms with van der Waals surface area (Å²) in [5, 5.41) is 0. The third-order valence-corrected chi connectivity index (χ3v) is 4.65. The van der Waals surface area contributed by atoms with E-state index in [1.807, 2.05) is 0 Å². The normalized spacial score (nSPS) is 20.5. The summed E-state index contributed by atoms with van der Waals surface area (Å²) in [6, 6.07) is 0. The van der Waals surface area contributed by atoms with Crippen LogP contribution in [0.25, 0.3) is 0 Å². The monoisotopic (exact) mass is 427 g/mol. The highest BCUT2D eigenvalue weighted by molar-refractivity contribution is 5.69. The van der Waals surface area contributed by atoms with Crippen LogP contribution in [0.15, 0.2) is 14.4 Å². The summed E-state index contributed by atoms with van der Waals surface area (Å²) >= 11 is 0. The number of nitrogens with zero attached hydrogens (tertiary/aromatic N) is 3. The zero-order chi connectivity index (χ0) is 21.8. The molecule has 0 bridgehead atoms. The Morgan fingerprint density at radius 3 is 1.80 bits per heavy atom.